The minimum Gasteiger partial charge on any atom is -0.396 e. The van der Waals surface area contributed by atoms with Crippen molar-refractivity contribution in [1.29, 1.82) is 0 Å². The molecule has 0 aliphatic carbocycles. The average Bonchev–Trinajstić information content (AvgIpc) is 2.31. The zero-order chi connectivity index (χ0) is 13.7. The second-order valence-electron chi connectivity index (χ2n) is 4.01. The minimum atomic E-state index is -0.550. The van der Waals surface area contributed by atoms with Crippen LogP contribution in [0.2, 0.25) is 0 Å². The van der Waals surface area contributed by atoms with Crippen LogP contribution < -0.4 is 11.1 Å². The molecular weight excluding hydrogens is 303 g/mol. The van der Waals surface area contributed by atoms with Gasteiger partial charge in [0.2, 0.25) is 0 Å². The lowest BCUT2D eigenvalue weighted by Gasteiger charge is -2.14. The minimum absolute atomic E-state index is 0.0318. The summed E-state index contributed by atoms with van der Waals surface area (Å²) in [5.41, 5.74) is 5.71. The summed E-state index contributed by atoms with van der Waals surface area (Å²) in [5, 5.41) is 2.79. The lowest BCUT2D eigenvalue weighted by atomic mass is 10.1. The maximum atomic E-state index is 13.1. The van der Waals surface area contributed by atoms with Gasteiger partial charge in [0.25, 0.3) is 5.91 Å². The fraction of sp³-hybridized carbons (Fsp3) is 0.417. The number of hydrogen-bond donors (Lipinski definition) is 2. The second-order valence-corrected chi connectivity index (χ2v) is 4.86. The van der Waals surface area contributed by atoms with Crippen molar-refractivity contribution in [3.8, 4) is 0 Å². The lowest BCUT2D eigenvalue weighted by Crippen LogP contribution is -2.33. The number of anilines is 1. The highest BCUT2D eigenvalue weighted by Crippen LogP contribution is 2.22. The maximum Gasteiger partial charge on any atom is 0.252 e. The number of benzene rings is 1. The molecule has 0 aliphatic heterocycles. The molecule has 1 aromatic rings. The van der Waals surface area contributed by atoms with Crippen molar-refractivity contribution in [2.45, 2.75) is 19.4 Å². The number of nitrogens with one attached hydrogen (secondary N) is 1. The number of carbonyl (C=O) groups is 1. The Balaban J connectivity index is 2.75. The molecule has 0 radical (unpaired) electrons. The molecule has 0 spiro atoms. The number of methoxy groups -OCH3 is 1. The molecule has 1 atom stereocenters. The zero-order valence-corrected chi connectivity index (χ0v) is 11.9. The molecule has 18 heavy (non-hydrogen) atoms. The molecule has 4 nitrogen and oxygen atoms in total. The van der Waals surface area contributed by atoms with Crippen molar-refractivity contribution in [2.75, 3.05) is 19.5 Å². The Morgan fingerprint density at radius 3 is 2.89 bits per heavy atom. The van der Waals surface area contributed by atoms with Gasteiger partial charge in [-0.15, -0.1) is 0 Å². The number of halogens is 2. The van der Waals surface area contributed by atoms with Crippen LogP contribution in [-0.4, -0.2) is 25.7 Å². The molecule has 0 saturated carbocycles. The Morgan fingerprint density at radius 2 is 2.28 bits per heavy atom. The largest absolute Gasteiger partial charge is 0.396 e. The molecule has 1 rings (SSSR count). The predicted molar refractivity (Wildman–Crippen MR) is 71.9 cm³/mol. The van der Waals surface area contributed by atoms with Gasteiger partial charge < -0.3 is 15.8 Å². The molecule has 0 aliphatic rings. The van der Waals surface area contributed by atoms with Gasteiger partial charge in [0.1, 0.15) is 5.82 Å². The Hall–Kier alpha value is -1.14. The molecule has 6 heteroatoms. The van der Waals surface area contributed by atoms with Crippen LogP contribution in [0.25, 0.3) is 0 Å². The van der Waals surface area contributed by atoms with E-state index in [9.17, 15) is 9.18 Å². The van der Waals surface area contributed by atoms with Crippen molar-refractivity contribution in [3.63, 3.8) is 0 Å². The van der Waals surface area contributed by atoms with Crippen molar-refractivity contribution >= 4 is 27.5 Å². The van der Waals surface area contributed by atoms with Crippen LogP contribution in [0.15, 0.2) is 16.6 Å². The van der Waals surface area contributed by atoms with Gasteiger partial charge in [-0.3, -0.25) is 4.79 Å². The Labute approximate surface area is 114 Å². The highest BCUT2D eigenvalue weighted by atomic mass is 79.9. The predicted octanol–water partition coefficient (Wildman–Crippen LogP) is 2.33. The summed E-state index contributed by atoms with van der Waals surface area (Å²) in [6.45, 7) is 2.44. The molecule has 0 saturated heterocycles. The van der Waals surface area contributed by atoms with Gasteiger partial charge in [-0.05, 0) is 41.4 Å². The van der Waals surface area contributed by atoms with Crippen LogP contribution in [0.1, 0.15) is 23.7 Å². The molecule has 100 valence electrons. The molecule has 1 aromatic carbocycles. The van der Waals surface area contributed by atoms with Crippen molar-refractivity contribution in [2.24, 2.45) is 0 Å². The van der Waals surface area contributed by atoms with Gasteiger partial charge in [-0.1, -0.05) is 0 Å². The number of nitrogens with two attached hydrogens (primary N) is 1. The summed E-state index contributed by atoms with van der Waals surface area (Å²) in [7, 11) is 1.60. The fourth-order valence-electron chi connectivity index (χ4n) is 1.41. The molecule has 0 bridgehead atoms. The number of hydrogen-bond acceptors (Lipinski definition) is 3. The van der Waals surface area contributed by atoms with Crippen molar-refractivity contribution in [1.82, 2.24) is 5.32 Å². The summed E-state index contributed by atoms with van der Waals surface area (Å²) in [6.07, 6.45) is 0.705. The molecule has 3 N–H and O–H groups in total. The summed E-state index contributed by atoms with van der Waals surface area (Å²) in [6, 6.07) is 2.47. The summed E-state index contributed by atoms with van der Waals surface area (Å²) >= 11 is 3.14. The van der Waals surface area contributed by atoms with E-state index in [2.05, 4.69) is 21.2 Å². The maximum absolute atomic E-state index is 13.1. The normalized spacial score (nSPS) is 12.2. The van der Waals surface area contributed by atoms with Gasteiger partial charge in [-0.2, -0.15) is 0 Å². The molecule has 0 heterocycles. The first-order chi connectivity index (χ1) is 8.45. The van der Waals surface area contributed by atoms with Crippen LogP contribution in [-0.2, 0) is 4.74 Å². The third-order valence-electron chi connectivity index (χ3n) is 2.46. The standard InChI is InChI=1S/C12H16BrFN2O2/c1-7(3-4-18-2)16-12(17)8-5-11(15)10(14)6-9(8)13/h5-7H,3-4,15H2,1-2H3,(H,16,17). The summed E-state index contributed by atoms with van der Waals surface area (Å²) < 4.78 is 18.5. The Kier molecular flexibility index (Phi) is 5.55. The second kappa shape index (κ2) is 6.70. The van der Waals surface area contributed by atoms with Crippen LogP contribution in [0.5, 0.6) is 0 Å². The van der Waals surface area contributed by atoms with E-state index >= 15 is 0 Å². The highest BCUT2D eigenvalue weighted by molar-refractivity contribution is 9.10. The summed E-state index contributed by atoms with van der Waals surface area (Å²) in [5.74, 6) is -0.844. The molecule has 1 unspecified atom stereocenters. The molecular formula is C12H16BrFN2O2. The van der Waals surface area contributed by atoms with Gasteiger partial charge in [-0.25, -0.2) is 4.39 Å². The van der Waals surface area contributed by atoms with Crippen LogP contribution in [0.4, 0.5) is 10.1 Å². The average molecular weight is 319 g/mol. The topological polar surface area (TPSA) is 64.3 Å². The van der Waals surface area contributed by atoms with E-state index in [1.54, 1.807) is 7.11 Å². The van der Waals surface area contributed by atoms with Crippen LogP contribution in [0, 0.1) is 5.82 Å². The van der Waals surface area contributed by atoms with Crippen molar-refractivity contribution < 1.29 is 13.9 Å². The lowest BCUT2D eigenvalue weighted by molar-refractivity contribution is 0.0929. The quantitative estimate of drug-likeness (QED) is 0.819. The third kappa shape index (κ3) is 3.96. The van der Waals surface area contributed by atoms with Crippen LogP contribution in [0.3, 0.4) is 0 Å². The van der Waals surface area contributed by atoms with E-state index in [0.717, 1.165) is 0 Å². The van der Waals surface area contributed by atoms with Crippen LogP contribution >= 0.6 is 15.9 Å². The third-order valence-corrected chi connectivity index (χ3v) is 3.12. The number of nitrogen functional groups attached to an aromatic ring is 1. The molecule has 0 fully saturated rings. The van der Waals surface area contributed by atoms with E-state index < -0.39 is 5.82 Å². The Morgan fingerprint density at radius 1 is 1.61 bits per heavy atom. The first kappa shape index (κ1) is 14.9. The van der Waals surface area contributed by atoms with E-state index in [1.807, 2.05) is 6.92 Å². The smallest absolute Gasteiger partial charge is 0.252 e. The molecule has 0 aromatic heterocycles. The van der Waals surface area contributed by atoms with Gasteiger partial charge in [0, 0.05) is 24.2 Å². The number of carbonyl (C=O) groups excluding carboxylic acids is 1. The SMILES string of the molecule is COCCC(C)NC(=O)c1cc(N)c(F)cc1Br. The van der Waals surface area contributed by atoms with E-state index in [0.29, 0.717) is 23.1 Å². The van der Waals surface area contributed by atoms with Gasteiger partial charge in [0.15, 0.2) is 0 Å². The van der Waals surface area contributed by atoms with E-state index in [1.165, 1.54) is 12.1 Å². The zero-order valence-electron chi connectivity index (χ0n) is 10.3. The fourth-order valence-corrected chi connectivity index (χ4v) is 1.90. The first-order valence-electron chi connectivity index (χ1n) is 5.50. The van der Waals surface area contributed by atoms with E-state index in [4.69, 9.17) is 10.5 Å². The van der Waals surface area contributed by atoms with Gasteiger partial charge >= 0.3 is 0 Å². The summed E-state index contributed by atoms with van der Waals surface area (Å²) in [4.78, 5) is 11.9. The van der Waals surface area contributed by atoms with Gasteiger partial charge in [0.05, 0.1) is 11.3 Å². The number of amides is 1. The number of ether oxygens (including phenoxy) is 1. The first-order valence-corrected chi connectivity index (χ1v) is 6.29. The van der Waals surface area contributed by atoms with E-state index in [-0.39, 0.29) is 17.6 Å². The highest BCUT2D eigenvalue weighted by Gasteiger charge is 2.15. The van der Waals surface area contributed by atoms with Crippen molar-refractivity contribution in [3.05, 3.63) is 28.0 Å². The molecule has 1 amide bonds. The number of rotatable bonds is 5. The monoisotopic (exact) mass is 318 g/mol. The Bertz CT molecular complexity index is 440.